The van der Waals surface area contributed by atoms with Crippen LogP contribution in [0.2, 0.25) is 0 Å². The number of hydrogen-bond donors (Lipinski definition) is 3. The van der Waals surface area contributed by atoms with Gasteiger partial charge in [-0.3, -0.25) is 14.9 Å². The predicted molar refractivity (Wildman–Crippen MR) is 86.7 cm³/mol. The van der Waals surface area contributed by atoms with Crippen LogP contribution in [0.4, 0.5) is 0 Å². The smallest absolute Gasteiger partial charge is 0.0793 e. The first-order valence-electron chi connectivity index (χ1n) is 7.56. The predicted octanol–water partition coefficient (Wildman–Crippen LogP) is 0.609. The molecule has 1 aliphatic rings. The second kappa shape index (κ2) is 7.34. The first-order valence-corrected chi connectivity index (χ1v) is 8.38. The van der Waals surface area contributed by atoms with Gasteiger partial charge in [0.2, 0.25) is 0 Å². The van der Waals surface area contributed by atoms with Crippen molar-refractivity contribution in [2.75, 3.05) is 39.3 Å². The lowest BCUT2D eigenvalue weighted by molar-refractivity contribution is 0.101. The van der Waals surface area contributed by atoms with Gasteiger partial charge in [0.1, 0.15) is 0 Å². The van der Waals surface area contributed by atoms with Crippen LogP contribution in [-0.4, -0.2) is 75.6 Å². The van der Waals surface area contributed by atoms with Crippen molar-refractivity contribution in [2.24, 2.45) is 0 Å². The van der Waals surface area contributed by atoms with Crippen LogP contribution in [0.5, 0.6) is 0 Å². The summed E-state index contributed by atoms with van der Waals surface area (Å²) in [5.74, 6) is 0. The zero-order chi connectivity index (χ0) is 15.4. The number of rotatable bonds is 5. The van der Waals surface area contributed by atoms with E-state index in [1.165, 1.54) is 9.75 Å². The maximum Gasteiger partial charge on any atom is 0.0793 e. The number of H-pyrrole nitrogens is 1. The normalized spacial score (nSPS) is 21.1. The van der Waals surface area contributed by atoms with E-state index in [1.54, 1.807) is 17.5 Å². The average Bonchev–Trinajstić information content (AvgIpc) is 3.12. The molecule has 0 unspecified atom stereocenters. The first-order chi connectivity index (χ1) is 10.7. The third kappa shape index (κ3) is 3.93. The number of β-amino-alcohol motifs (C(OH)–C–C–N with tert-alkyl or cyclic N) is 2. The Hall–Kier alpha value is -1.25. The van der Waals surface area contributed by atoms with Gasteiger partial charge in [0.25, 0.3) is 0 Å². The average molecular weight is 322 g/mol. The molecule has 0 bridgehead atoms. The molecule has 0 radical (unpaired) electrons. The molecule has 120 valence electrons. The summed E-state index contributed by atoms with van der Waals surface area (Å²) >= 11 is 1.76. The summed E-state index contributed by atoms with van der Waals surface area (Å²) in [7, 11) is 0. The van der Waals surface area contributed by atoms with Crippen molar-refractivity contribution in [3.63, 3.8) is 0 Å². The van der Waals surface area contributed by atoms with Crippen LogP contribution in [0, 0.1) is 0 Å². The van der Waals surface area contributed by atoms with E-state index in [0.29, 0.717) is 19.6 Å². The maximum atomic E-state index is 10.1. The fraction of sp³-hybridized carbons (Fsp3) is 0.533. The molecule has 1 saturated heterocycles. The molecule has 22 heavy (non-hydrogen) atoms. The minimum atomic E-state index is -0.360. The van der Waals surface area contributed by atoms with E-state index in [9.17, 15) is 5.11 Å². The number of aromatic amines is 1. The van der Waals surface area contributed by atoms with Gasteiger partial charge in [0.15, 0.2) is 0 Å². The molecule has 1 atom stereocenters. The number of nitrogens with one attached hydrogen (secondary N) is 1. The van der Waals surface area contributed by atoms with Crippen LogP contribution in [0.1, 0.15) is 4.88 Å². The van der Waals surface area contributed by atoms with Gasteiger partial charge in [-0.05, 0) is 18.2 Å². The Morgan fingerprint density at radius 3 is 2.82 bits per heavy atom. The Bertz CT molecular complexity index is 572. The van der Waals surface area contributed by atoms with Crippen LogP contribution >= 0.6 is 11.3 Å². The first kappa shape index (κ1) is 15.6. The molecule has 1 fully saturated rings. The van der Waals surface area contributed by atoms with E-state index in [2.05, 4.69) is 32.1 Å². The summed E-state index contributed by atoms with van der Waals surface area (Å²) in [5.41, 5.74) is 1.04. The quantitative estimate of drug-likeness (QED) is 0.752. The number of aromatic nitrogens is 2. The summed E-state index contributed by atoms with van der Waals surface area (Å²) in [6.07, 6.45) is 1.40. The van der Waals surface area contributed by atoms with Gasteiger partial charge in [-0.2, -0.15) is 5.10 Å². The van der Waals surface area contributed by atoms with Crippen LogP contribution in [0.25, 0.3) is 10.6 Å². The number of aliphatic hydroxyl groups excluding tert-OH is 2. The van der Waals surface area contributed by atoms with Crippen molar-refractivity contribution >= 4 is 11.3 Å². The molecule has 2 aromatic heterocycles. The third-order valence-electron chi connectivity index (χ3n) is 3.89. The topological polar surface area (TPSA) is 75.6 Å². The Morgan fingerprint density at radius 1 is 1.23 bits per heavy atom. The molecule has 3 N–H and O–H groups in total. The number of thiophene rings is 1. The van der Waals surface area contributed by atoms with E-state index in [4.69, 9.17) is 5.11 Å². The highest BCUT2D eigenvalue weighted by Gasteiger charge is 2.21. The highest BCUT2D eigenvalue weighted by Crippen LogP contribution is 2.27. The van der Waals surface area contributed by atoms with E-state index in [1.807, 2.05) is 6.07 Å². The summed E-state index contributed by atoms with van der Waals surface area (Å²) in [5, 5.41) is 26.1. The van der Waals surface area contributed by atoms with Gasteiger partial charge in [0, 0.05) is 50.3 Å². The number of hydrogen-bond acceptors (Lipinski definition) is 6. The number of aliphatic hydroxyl groups is 2. The van der Waals surface area contributed by atoms with E-state index in [-0.39, 0.29) is 12.7 Å². The monoisotopic (exact) mass is 322 g/mol. The van der Waals surface area contributed by atoms with Crippen LogP contribution in [-0.2, 0) is 6.54 Å². The van der Waals surface area contributed by atoms with Gasteiger partial charge in [-0.1, -0.05) is 0 Å². The van der Waals surface area contributed by atoms with Crippen LogP contribution in [0.3, 0.4) is 0 Å². The highest BCUT2D eigenvalue weighted by molar-refractivity contribution is 7.15. The molecule has 7 heteroatoms. The second-order valence-corrected chi connectivity index (χ2v) is 6.82. The lowest BCUT2D eigenvalue weighted by atomic mass is 10.3. The fourth-order valence-corrected chi connectivity index (χ4v) is 3.85. The molecule has 3 rings (SSSR count). The van der Waals surface area contributed by atoms with Crippen LogP contribution in [0.15, 0.2) is 24.4 Å². The van der Waals surface area contributed by atoms with Gasteiger partial charge in [-0.15, -0.1) is 11.3 Å². The van der Waals surface area contributed by atoms with Gasteiger partial charge < -0.3 is 10.2 Å². The van der Waals surface area contributed by atoms with Crippen molar-refractivity contribution in [3.8, 4) is 10.6 Å². The Morgan fingerprint density at radius 2 is 2.05 bits per heavy atom. The summed E-state index contributed by atoms with van der Waals surface area (Å²) in [4.78, 5) is 6.87. The lowest BCUT2D eigenvalue weighted by Crippen LogP contribution is -2.34. The molecule has 1 aliphatic heterocycles. The molecule has 0 spiro atoms. The van der Waals surface area contributed by atoms with Crippen molar-refractivity contribution in [2.45, 2.75) is 12.6 Å². The molecule has 0 saturated carbocycles. The Balaban J connectivity index is 1.61. The van der Waals surface area contributed by atoms with Crippen LogP contribution < -0.4 is 0 Å². The fourth-order valence-electron chi connectivity index (χ4n) is 2.83. The van der Waals surface area contributed by atoms with Crippen molar-refractivity contribution in [3.05, 3.63) is 29.3 Å². The number of nitrogens with zero attached hydrogens (tertiary/aromatic N) is 3. The van der Waals surface area contributed by atoms with Crippen molar-refractivity contribution in [1.82, 2.24) is 20.0 Å². The standard InChI is InChI=1S/C15H22N4O2S/c20-8-7-18-5-6-19(10-12(21)9-18)11-13-1-2-15(22-13)14-3-4-16-17-14/h1-4,12,20-21H,5-11H2,(H,16,17)/t12-/m0/s1. The Labute approximate surface area is 134 Å². The van der Waals surface area contributed by atoms with Crippen molar-refractivity contribution in [1.29, 1.82) is 0 Å². The largest absolute Gasteiger partial charge is 0.395 e. The van der Waals surface area contributed by atoms with Crippen molar-refractivity contribution < 1.29 is 10.2 Å². The minimum Gasteiger partial charge on any atom is -0.395 e. The third-order valence-corrected chi connectivity index (χ3v) is 5.00. The summed E-state index contributed by atoms with van der Waals surface area (Å²) in [6.45, 7) is 4.74. The molecule has 0 amide bonds. The SMILES string of the molecule is OCCN1CCN(Cc2ccc(-c3ccn[nH]3)s2)C[C@@H](O)C1. The van der Waals surface area contributed by atoms with E-state index < -0.39 is 0 Å². The highest BCUT2D eigenvalue weighted by atomic mass is 32.1. The maximum absolute atomic E-state index is 10.1. The molecular weight excluding hydrogens is 300 g/mol. The molecular formula is C15H22N4O2S. The van der Waals surface area contributed by atoms with E-state index in [0.717, 1.165) is 25.3 Å². The van der Waals surface area contributed by atoms with Gasteiger partial charge in [0.05, 0.1) is 23.3 Å². The van der Waals surface area contributed by atoms with E-state index >= 15 is 0 Å². The second-order valence-electron chi connectivity index (χ2n) is 5.65. The molecule has 3 heterocycles. The van der Waals surface area contributed by atoms with Gasteiger partial charge in [-0.25, -0.2) is 0 Å². The molecule has 0 aliphatic carbocycles. The zero-order valence-corrected chi connectivity index (χ0v) is 13.3. The van der Waals surface area contributed by atoms with Gasteiger partial charge >= 0.3 is 0 Å². The summed E-state index contributed by atoms with van der Waals surface area (Å²) in [6, 6.07) is 6.22. The molecule has 2 aromatic rings. The zero-order valence-electron chi connectivity index (χ0n) is 12.5. The Kier molecular flexibility index (Phi) is 5.22. The lowest BCUT2D eigenvalue weighted by Gasteiger charge is -2.20. The minimum absolute atomic E-state index is 0.144. The molecule has 6 nitrogen and oxygen atoms in total. The molecule has 0 aromatic carbocycles. The summed E-state index contributed by atoms with van der Waals surface area (Å²) < 4.78 is 0.